The van der Waals surface area contributed by atoms with Crippen molar-refractivity contribution in [3.05, 3.63) is 76.4 Å². The third-order valence-corrected chi connectivity index (χ3v) is 7.81. The number of anilines is 1. The molecule has 0 bridgehead atoms. The van der Waals surface area contributed by atoms with E-state index in [-0.39, 0.29) is 17.8 Å². The molecule has 4 aromatic rings. The number of hydrogen-bond donors (Lipinski definition) is 1. The molecule has 1 unspecified atom stereocenters. The van der Waals surface area contributed by atoms with Gasteiger partial charge in [0, 0.05) is 17.5 Å². The molecule has 38 heavy (non-hydrogen) atoms. The molecule has 0 saturated carbocycles. The third-order valence-electron chi connectivity index (χ3n) is 5.95. The average Bonchev–Trinajstić information content (AvgIpc) is 3.52. The Bertz CT molecular complexity index is 1430. The van der Waals surface area contributed by atoms with Crippen molar-refractivity contribution in [3.8, 4) is 16.9 Å². The molecular weight excluding hydrogens is 520 g/mol. The van der Waals surface area contributed by atoms with E-state index in [0.29, 0.717) is 28.1 Å². The molecule has 0 spiro atoms. The van der Waals surface area contributed by atoms with Crippen LogP contribution in [-0.2, 0) is 16.1 Å². The van der Waals surface area contributed by atoms with E-state index in [1.807, 2.05) is 86.2 Å². The van der Waals surface area contributed by atoms with E-state index in [1.165, 1.54) is 30.2 Å². The fourth-order valence-electron chi connectivity index (χ4n) is 3.93. The van der Waals surface area contributed by atoms with Gasteiger partial charge in [0.2, 0.25) is 5.91 Å². The Kier molecular flexibility index (Phi) is 8.85. The zero-order valence-electron chi connectivity index (χ0n) is 22.0. The number of nitrogens with zero attached hydrogens (tertiary/aromatic N) is 3. The van der Waals surface area contributed by atoms with E-state index in [2.05, 4.69) is 15.5 Å². The van der Waals surface area contributed by atoms with Crippen LogP contribution in [0.1, 0.15) is 47.3 Å². The van der Waals surface area contributed by atoms with Gasteiger partial charge in [0.25, 0.3) is 0 Å². The maximum absolute atomic E-state index is 12.9. The molecule has 0 radical (unpaired) electrons. The van der Waals surface area contributed by atoms with Crippen LogP contribution in [0.3, 0.4) is 0 Å². The Balaban J connectivity index is 1.46. The van der Waals surface area contributed by atoms with Gasteiger partial charge in [-0.2, -0.15) is 0 Å². The van der Waals surface area contributed by atoms with Crippen LogP contribution in [0.4, 0.5) is 5.00 Å². The van der Waals surface area contributed by atoms with Crippen molar-refractivity contribution in [2.45, 2.75) is 45.5 Å². The Labute approximate surface area is 230 Å². The number of carbonyl (C=O) groups excluding carboxylic acids is 2. The van der Waals surface area contributed by atoms with Gasteiger partial charge in [0.05, 0.1) is 12.9 Å². The number of thiophene rings is 1. The Morgan fingerprint density at radius 3 is 2.53 bits per heavy atom. The van der Waals surface area contributed by atoms with Crippen LogP contribution in [0.15, 0.2) is 59.1 Å². The quantitative estimate of drug-likeness (QED) is 0.183. The highest BCUT2D eigenvalue weighted by Gasteiger charge is 2.23. The highest BCUT2D eigenvalue weighted by Crippen LogP contribution is 2.36. The number of esters is 1. The van der Waals surface area contributed by atoms with Crippen LogP contribution in [0.5, 0.6) is 5.75 Å². The lowest BCUT2D eigenvalue weighted by Gasteiger charge is -2.17. The van der Waals surface area contributed by atoms with E-state index >= 15 is 0 Å². The molecule has 8 nitrogen and oxygen atoms in total. The molecule has 0 aliphatic rings. The monoisotopic (exact) mass is 550 g/mol. The van der Waals surface area contributed by atoms with Crippen molar-refractivity contribution < 1.29 is 19.1 Å². The van der Waals surface area contributed by atoms with Crippen LogP contribution in [-0.4, -0.2) is 39.5 Å². The summed E-state index contributed by atoms with van der Waals surface area (Å²) in [6.07, 6.45) is -0.319. The SMILES string of the molecule is CCn1c(SCC(=O)Nc2scc(-c3ccc(C)cc3)c2C(=O)OC)nnc1C(C)Oc1ccccc1C. The first kappa shape index (κ1) is 27.4. The van der Waals surface area contributed by atoms with Gasteiger partial charge in [-0.15, -0.1) is 21.5 Å². The van der Waals surface area contributed by atoms with E-state index in [0.717, 1.165) is 28.0 Å². The summed E-state index contributed by atoms with van der Waals surface area (Å²) >= 11 is 2.58. The Morgan fingerprint density at radius 1 is 1.11 bits per heavy atom. The van der Waals surface area contributed by atoms with Crippen molar-refractivity contribution in [1.82, 2.24) is 14.8 Å². The number of para-hydroxylation sites is 1. The van der Waals surface area contributed by atoms with Gasteiger partial charge in [-0.05, 0) is 44.9 Å². The van der Waals surface area contributed by atoms with Gasteiger partial charge in [0.15, 0.2) is 17.1 Å². The van der Waals surface area contributed by atoms with Crippen LogP contribution >= 0.6 is 23.1 Å². The van der Waals surface area contributed by atoms with E-state index in [4.69, 9.17) is 9.47 Å². The summed E-state index contributed by atoms with van der Waals surface area (Å²) in [7, 11) is 1.33. The minimum Gasteiger partial charge on any atom is -0.482 e. The van der Waals surface area contributed by atoms with Crippen molar-refractivity contribution in [2.24, 2.45) is 0 Å². The first-order chi connectivity index (χ1) is 18.3. The first-order valence-corrected chi connectivity index (χ1v) is 14.0. The molecule has 1 N–H and O–H groups in total. The van der Waals surface area contributed by atoms with Gasteiger partial charge >= 0.3 is 5.97 Å². The van der Waals surface area contributed by atoms with Crippen molar-refractivity contribution in [3.63, 3.8) is 0 Å². The molecular formula is C28H30N4O4S2. The standard InChI is InChI=1S/C28H30N4O4S2/c1-6-32-25(19(4)36-22-10-8-7-9-18(22)3)30-31-28(32)38-16-23(33)29-26-24(27(34)35-5)21(15-37-26)20-13-11-17(2)12-14-20/h7-15,19H,6,16H2,1-5H3,(H,29,33). The normalized spacial score (nSPS) is 11.7. The second kappa shape index (κ2) is 12.3. The maximum atomic E-state index is 12.9. The minimum absolute atomic E-state index is 0.101. The third kappa shape index (κ3) is 6.08. The van der Waals surface area contributed by atoms with Crippen LogP contribution < -0.4 is 10.1 Å². The fraction of sp³-hybridized carbons (Fsp3) is 0.286. The van der Waals surface area contributed by atoms with Crippen LogP contribution in [0.25, 0.3) is 11.1 Å². The smallest absolute Gasteiger partial charge is 0.341 e. The molecule has 0 saturated heterocycles. The lowest BCUT2D eigenvalue weighted by atomic mass is 10.0. The number of hydrogen-bond acceptors (Lipinski definition) is 8. The van der Waals surface area contributed by atoms with Gasteiger partial charge in [-0.25, -0.2) is 4.79 Å². The summed E-state index contributed by atoms with van der Waals surface area (Å²) in [6.45, 7) is 8.56. The van der Waals surface area contributed by atoms with E-state index in [1.54, 1.807) is 0 Å². The predicted octanol–water partition coefficient (Wildman–Crippen LogP) is 6.30. The molecule has 2 aromatic heterocycles. The number of aryl methyl sites for hydroxylation is 2. The zero-order valence-corrected chi connectivity index (χ0v) is 23.6. The van der Waals surface area contributed by atoms with Crippen molar-refractivity contribution in [2.75, 3.05) is 18.2 Å². The van der Waals surface area contributed by atoms with E-state index < -0.39 is 5.97 Å². The van der Waals surface area contributed by atoms with Crippen LogP contribution in [0, 0.1) is 13.8 Å². The number of benzene rings is 2. The van der Waals surface area contributed by atoms with Crippen LogP contribution in [0.2, 0.25) is 0 Å². The van der Waals surface area contributed by atoms with Gasteiger partial charge in [-0.3, -0.25) is 4.79 Å². The first-order valence-electron chi connectivity index (χ1n) is 12.2. The predicted molar refractivity (Wildman–Crippen MR) is 151 cm³/mol. The summed E-state index contributed by atoms with van der Waals surface area (Å²) in [5.74, 6) is 0.828. The topological polar surface area (TPSA) is 95.3 Å². The molecule has 0 aliphatic heterocycles. The number of nitrogens with one attached hydrogen (secondary N) is 1. The van der Waals surface area contributed by atoms with Gasteiger partial charge < -0.3 is 19.4 Å². The molecule has 0 aliphatic carbocycles. The lowest BCUT2D eigenvalue weighted by Crippen LogP contribution is -2.17. The zero-order chi connectivity index (χ0) is 27.2. The number of ether oxygens (including phenoxy) is 2. The summed E-state index contributed by atoms with van der Waals surface area (Å²) in [5.41, 5.74) is 4.11. The number of rotatable bonds is 10. The number of thioether (sulfide) groups is 1. The summed E-state index contributed by atoms with van der Waals surface area (Å²) in [4.78, 5) is 25.5. The molecule has 2 heterocycles. The second-order valence-electron chi connectivity index (χ2n) is 8.66. The Morgan fingerprint density at radius 2 is 1.84 bits per heavy atom. The fourth-order valence-corrected chi connectivity index (χ4v) is 5.71. The number of carbonyl (C=O) groups is 2. The largest absolute Gasteiger partial charge is 0.482 e. The number of aromatic nitrogens is 3. The van der Waals surface area contributed by atoms with Gasteiger partial charge in [-0.1, -0.05) is 59.8 Å². The summed E-state index contributed by atoms with van der Waals surface area (Å²) in [6, 6.07) is 15.7. The summed E-state index contributed by atoms with van der Waals surface area (Å²) < 4.78 is 13.1. The molecule has 1 atom stereocenters. The molecule has 2 aromatic carbocycles. The molecule has 10 heteroatoms. The minimum atomic E-state index is -0.497. The lowest BCUT2D eigenvalue weighted by molar-refractivity contribution is -0.113. The van der Waals surface area contributed by atoms with E-state index in [9.17, 15) is 9.59 Å². The average molecular weight is 551 g/mol. The molecule has 4 rings (SSSR count). The molecule has 198 valence electrons. The summed E-state index contributed by atoms with van der Waals surface area (Å²) in [5, 5.41) is 14.5. The van der Waals surface area contributed by atoms with Crippen molar-refractivity contribution in [1.29, 1.82) is 0 Å². The number of amides is 1. The van der Waals surface area contributed by atoms with Crippen molar-refractivity contribution >= 4 is 40.0 Å². The maximum Gasteiger partial charge on any atom is 0.341 e. The highest BCUT2D eigenvalue weighted by atomic mass is 32.2. The highest BCUT2D eigenvalue weighted by molar-refractivity contribution is 7.99. The Hall–Kier alpha value is -3.63. The molecule has 0 fully saturated rings. The second-order valence-corrected chi connectivity index (χ2v) is 10.5. The van der Waals surface area contributed by atoms with Gasteiger partial charge in [0.1, 0.15) is 16.3 Å². The molecule has 1 amide bonds. The number of methoxy groups -OCH3 is 1.